The Kier molecular flexibility index (Phi) is 2.62. The molecule has 0 bridgehead atoms. The van der Waals surface area contributed by atoms with E-state index in [2.05, 4.69) is 0 Å². The third kappa shape index (κ3) is 1.91. The summed E-state index contributed by atoms with van der Waals surface area (Å²) in [6, 6.07) is 0.269. The van der Waals surface area contributed by atoms with Crippen molar-refractivity contribution in [2.45, 2.75) is 12.1 Å². The van der Waals surface area contributed by atoms with Gasteiger partial charge in [0.05, 0.1) is 12.7 Å². The Morgan fingerprint density at radius 3 is 2.60 bits per heavy atom. The zero-order valence-electron chi connectivity index (χ0n) is 5.90. The zero-order chi connectivity index (χ0) is 7.56. The van der Waals surface area contributed by atoms with Crippen molar-refractivity contribution in [3.63, 3.8) is 0 Å². The zero-order valence-corrected chi connectivity index (χ0v) is 5.90. The van der Waals surface area contributed by atoms with Gasteiger partial charge in [0.25, 0.3) is 0 Å². The van der Waals surface area contributed by atoms with Gasteiger partial charge in [-0.1, -0.05) is 0 Å². The van der Waals surface area contributed by atoms with Crippen LogP contribution in [0.3, 0.4) is 0 Å². The Morgan fingerprint density at radius 2 is 2.20 bits per heavy atom. The van der Waals surface area contributed by atoms with Crippen molar-refractivity contribution in [2.75, 3.05) is 26.2 Å². The second-order valence-electron chi connectivity index (χ2n) is 2.82. The number of hydrogen-bond acceptors (Lipinski definition) is 4. The molecule has 0 radical (unpaired) electrons. The van der Waals surface area contributed by atoms with Gasteiger partial charge >= 0.3 is 0 Å². The van der Waals surface area contributed by atoms with Gasteiger partial charge in [-0.05, 0) is 0 Å². The molecule has 1 aliphatic rings. The average Bonchev–Trinajstić information content (AvgIpc) is 1.84. The minimum atomic E-state index is -0.604. The largest absolute Gasteiger partial charge is 0.394 e. The molecule has 10 heavy (non-hydrogen) atoms. The Bertz CT molecular complexity index is 104. The monoisotopic (exact) mass is 146 g/mol. The predicted octanol–water partition coefficient (Wildman–Crippen LogP) is -2.02. The number of β-amino-alcohol motifs (C(OH)–C–C–N with tert-alkyl or cyclic N) is 1. The third-order valence-electron chi connectivity index (χ3n) is 1.67. The number of nitrogens with zero attached hydrogens (tertiary/aromatic N) is 1. The van der Waals surface area contributed by atoms with Crippen molar-refractivity contribution < 1.29 is 10.2 Å². The fourth-order valence-electron chi connectivity index (χ4n) is 1.11. The number of nitrogens with two attached hydrogens (primary N) is 1. The molecule has 0 aromatic carbocycles. The van der Waals surface area contributed by atoms with Crippen molar-refractivity contribution >= 4 is 0 Å². The van der Waals surface area contributed by atoms with E-state index in [1.54, 1.807) is 0 Å². The van der Waals surface area contributed by atoms with E-state index in [-0.39, 0.29) is 12.6 Å². The van der Waals surface area contributed by atoms with E-state index in [9.17, 15) is 0 Å². The molecule has 0 aromatic rings. The molecule has 1 aliphatic heterocycles. The summed E-state index contributed by atoms with van der Waals surface area (Å²) in [5.74, 6) is 0. The molecule has 4 heteroatoms. The van der Waals surface area contributed by atoms with Crippen LogP contribution in [0.25, 0.3) is 0 Å². The van der Waals surface area contributed by atoms with Crippen LogP contribution in [-0.4, -0.2) is 53.5 Å². The second kappa shape index (κ2) is 3.30. The highest BCUT2D eigenvalue weighted by molar-refractivity contribution is 4.83. The van der Waals surface area contributed by atoms with E-state index in [0.717, 1.165) is 13.1 Å². The molecule has 1 fully saturated rings. The highest BCUT2D eigenvalue weighted by Crippen LogP contribution is 2.04. The first-order chi connectivity index (χ1) is 4.72. The lowest BCUT2D eigenvalue weighted by molar-refractivity contribution is 0.0321. The van der Waals surface area contributed by atoms with Crippen molar-refractivity contribution in [3.8, 4) is 0 Å². The molecule has 60 valence electrons. The molecule has 1 atom stereocenters. The predicted molar refractivity (Wildman–Crippen MR) is 37.5 cm³/mol. The molecule has 1 unspecified atom stereocenters. The quantitative estimate of drug-likeness (QED) is 0.430. The van der Waals surface area contributed by atoms with Gasteiger partial charge < -0.3 is 15.9 Å². The Morgan fingerprint density at radius 1 is 1.60 bits per heavy atom. The Balaban J connectivity index is 2.04. The molecule has 4 N–H and O–H groups in total. The van der Waals surface area contributed by atoms with Crippen LogP contribution < -0.4 is 5.73 Å². The number of likely N-dealkylation sites (tertiary alicyclic amines) is 1. The fraction of sp³-hybridized carbons (Fsp3) is 1.00. The van der Waals surface area contributed by atoms with Crippen LogP contribution in [0.2, 0.25) is 0 Å². The maximum atomic E-state index is 8.95. The van der Waals surface area contributed by atoms with Gasteiger partial charge in [-0.15, -0.1) is 0 Å². The van der Waals surface area contributed by atoms with Crippen molar-refractivity contribution in [1.82, 2.24) is 4.90 Å². The highest BCUT2D eigenvalue weighted by Gasteiger charge is 2.24. The highest BCUT2D eigenvalue weighted by atomic mass is 16.3. The molecule has 0 amide bonds. The van der Waals surface area contributed by atoms with Gasteiger partial charge in [0.2, 0.25) is 0 Å². The Hall–Kier alpha value is -0.160. The summed E-state index contributed by atoms with van der Waals surface area (Å²) in [5, 5.41) is 17.4. The average molecular weight is 146 g/mol. The summed E-state index contributed by atoms with van der Waals surface area (Å²) < 4.78 is 0. The van der Waals surface area contributed by atoms with Crippen LogP contribution >= 0.6 is 0 Å². The van der Waals surface area contributed by atoms with Gasteiger partial charge in [0, 0.05) is 25.7 Å². The maximum absolute atomic E-state index is 8.95. The summed E-state index contributed by atoms with van der Waals surface area (Å²) >= 11 is 0. The van der Waals surface area contributed by atoms with Gasteiger partial charge in [0.15, 0.2) is 0 Å². The first-order valence-corrected chi connectivity index (χ1v) is 3.49. The van der Waals surface area contributed by atoms with Gasteiger partial charge in [-0.3, -0.25) is 4.90 Å². The van der Waals surface area contributed by atoms with E-state index in [0.29, 0.717) is 6.54 Å². The van der Waals surface area contributed by atoms with Crippen LogP contribution in [0.5, 0.6) is 0 Å². The summed E-state index contributed by atoms with van der Waals surface area (Å²) in [4.78, 5) is 2.02. The minimum absolute atomic E-state index is 0.161. The lowest BCUT2D eigenvalue weighted by Gasteiger charge is -2.37. The number of rotatable bonds is 3. The molecule has 0 saturated carbocycles. The van der Waals surface area contributed by atoms with Gasteiger partial charge in [-0.2, -0.15) is 0 Å². The topological polar surface area (TPSA) is 69.7 Å². The third-order valence-corrected chi connectivity index (χ3v) is 1.67. The first kappa shape index (κ1) is 7.94. The summed E-state index contributed by atoms with van der Waals surface area (Å²) in [7, 11) is 0. The maximum Gasteiger partial charge on any atom is 0.0897 e. The molecular weight excluding hydrogens is 132 g/mol. The normalized spacial score (nSPS) is 24.3. The molecule has 0 aromatic heterocycles. The van der Waals surface area contributed by atoms with Gasteiger partial charge in [-0.25, -0.2) is 0 Å². The summed E-state index contributed by atoms with van der Waals surface area (Å²) in [6.45, 7) is 2.07. The van der Waals surface area contributed by atoms with Crippen LogP contribution in [0.4, 0.5) is 0 Å². The van der Waals surface area contributed by atoms with Crippen molar-refractivity contribution in [1.29, 1.82) is 0 Å². The lowest BCUT2D eigenvalue weighted by Crippen LogP contribution is -2.57. The van der Waals surface area contributed by atoms with Crippen LogP contribution in [-0.2, 0) is 0 Å². The van der Waals surface area contributed by atoms with Crippen LogP contribution in [0, 0.1) is 0 Å². The molecule has 1 heterocycles. The number of hydrogen-bond donors (Lipinski definition) is 3. The van der Waals surface area contributed by atoms with Crippen LogP contribution in [0.15, 0.2) is 0 Å². The molecular formula is C6H14N2O2. The van der Waals surface area contributed by atoms with Crippen molar-refractivity contribution in [2.24, 2.45) is 5.73 Å². The van der Waals surface area contributed by atoms with Crippen LogP contribution in [0.1, 0.15) is 0 Å². The van der Waals surface area contributed by atoms with E-state index >= 15 is 0 Å². The fourth-order valence-corrected chi connectivity index (χ4v) is 1.11. The van der Waals surface area contributed by atoms with E-state index < -0.39 is 6.10 Å². The van der Waals surface area contributed by atoms with Gasteiger partial charge in [0.1, 0.15) is 0 Å². The summed E-state index contributed by atoms with van der Waals surface area (Å²) in [5.41, 5.74) is 5.50. The number of aliphatic hydroxyl groups excluding tert-OH is 2. The SMILES string of the molecule is NC1CN(CC(O)CO)C1. The van der Waals surface area contributed by atoms with Crippen molar-refractivity contribution in [3.05, 3.63) is 0 Å². The minimum Gasteiger partial charge on any atom is -0.394 e. The lowest BCUT2D eigenvalue weighted by atomic mass is 10.1. The summed E-state index contributed by atoms with van der Waals surface area (Å²) in [6.07, 6.45) is -0.604. The Labute approximate surface area is 60.2 Å². The first-order valence-electron chi connectivity index (χ1n) is 3.49. The van der Waals surface area contributed by atoms with E-state index in [4.69, 9.17) is 15.9 Å². The number of aliphatic hydroxyl groups is 2. The molecule has 4 nitrogen and oxygen atoms in total. The second-order valence-corrected chi connectivity index (χ2v) is 2.82. The molecule has 1 rings (SSSR count). The van der Waals surface area contributed by atoms with E-state index in [1.165, 1.54) is 0 Å². The molecule has 1 saturated heterocycles. The van der Waals surface area contributed by atoms with E-state index in [1.807, 2.05) is 4.90 Å². The molecule has 0 spiro atoms. The smallest absolute Gasteiger partial charge is 0.0897 e. The standard InChI is InChI=1S/C6H14N2O2/c7-5-1-8(2-5)3-6(10)4-9/h5-6,9-10H,1-4,7H2. The molecule has 0 aliphatic carbocycles.